The van der Waals surface area contributed by atoms with E-state index in [1.165, 1.54) is 0 Å². The molecule has 0 atom stereocenters. The van der Waals surface area contributed by atoms with Crippen molar-refractivity contribution < 1.29 is 0 Å². The first kappa shape index (κ1) is 13.8. The Labute approximate surface area is 137 Å². The smallest absolute Gasteiger partial charge is 0.206 e. The summed E-state index contributed by atoms with van der Waals surface area (Å²) >= 11 is 6.22. The third-order valence-corrected chi connectivity index (χ3v) is 3.78. The highest BCUT2D eigenvalue weighted by Gasteiger charge is 2.05. The maximum absolute atomic E-state index is 6.22. The first-order chi connectivity index (χ1) is 11.3. The van der Waals surface area contributed by atoms with Crippen LogP contribution in [-0.4, -0.2) is 15.0 Å². The Morgan fingerprint density at radius 3 is 2.13 bits per heavy atom. The van der Waals surface area contributed by atoms with Crippen molar-refractivity contribution in [2.24, 2.45) is 0 Å². The van der Waals surface area contributed by atoms with Crippen LogP contribution in [-0.2, 0) is 0 Å². The van der Waals surface area contributed by atoms with Crippen molar-refractivity contribution in [2.75, 3.05) is 5.32 Å². The molecule has 2 N–H and O–H groups in total. The van der Waals surface area contributed by atoms with Gasteiger partial charge in [-0.05, 0) is 35.0 Å². The van der Waals surface area contributed by atoms with E-state index in [0.29, 0.717) is 16.8 Å². The number of anilines is 1. The molecule has 4 rings (SSSR count). The van der Waals surface area contributed by atoms with E-state index in [1.54, 1.807) is 6.20 Å². The van der Waals surface area contributed by atoms with Crippen molar-refractivity contribution in [3.05, 3.63) is 72.7 Å². The van der Waals surface area contributed by atoms with E-state index in [-0.39, 0.29) is 0 Å². The number of aromatic amines is 1. The van der Waals surface area contributed by atoms with Gasteiger partial charge in [0, 0.05) is 6.20 Å². The van der Waals surface area contributed by atoms with E-state index in [4.69, 9.17) is 11.6 Å². The van der Waals surface area contributed by atoms with Crippen LogP contribution in [0.25, 0.3) is 26.8 Å². The van der Waals surface area contributed by atoms with Gasteiger partial charge in [-0.1, -0.05) is 48.0 Å². The van der Waals surface area contributed by atoms with E-state index >= 15 is 0 Å². The lowest BCUT2D eigenvalue weighted by Gasteiger charge is -2.07. The third-order valence-electron chi connectivity index (χ3n) is 3.49. The number of nitrogens with one attached hydrogen (secondary N) is 2. The molecule has 1 aromatic heterocycles. The topological polar surface area (TPSA) is 53.6 Å². The Morgan fingerprint density at radius 2 is 1.43 bits per heavy atom. The maximum atomic E-state index is 6.22. The van der Waals surface area contributed by atoms with Gasteiger partial charge in [0.15, 0.2) is 5.82 Å². The van der Waals surface area contributed by atoms with Crippen LogP contribution < -0.4 is 5.32 Å². The predicted molar refractivity (Wildman–Crippen MR) is 95.3 cm³/mol. The van der Waals surface area contributed by atoms with Crippen molar-refractivity contribution in [1.82, 2.24) is 15.0 Å². The molecule has 0 unspecified atom stereocenters. The Hall–Kier alpha value is -2.85. The van der Waals surface area contributed by atoms with E-state index in [9.17, 15) is 0 Å². The molecule has 0 amide bonds. The van der Waals surface area contributed by atoms with Gasteiger partial charge in [-0.2, -0.15) is 0 Å². The fraction of sp³-hybridized carbons (Fsp3) is 0. The summed E-state index contributed by atoms with van der Waals surface area (Å²) < 4.78 is 0. The quantitative estimate of drug-likeness (QED) is 0.628. The summed E-state index contributed by atoms with van der Waals surface area (Å²) in [6.45, 7) is 0. The number of hydrogen-bond acceptors (Lipinski definition) is 3. The molecule has 0 saturated carbocycles. The lowest BCUT2D eigenvalue weighted by atomic mass is 10.2. The molecule has 112 valence electrons. The lowest BCUT2D eigenvalue weighted by Crippen LogP contribution is -2.02. The van der Waals surface area contributed by atoms with E-state index < -0.39 is 0 Å². The second kappa shape index (κ2) is 5.74. The summed E-state index contributed by atoms with van der Waals surface area (Å²) in [4.78, 5) is 12.3. The number of halogens is 1. The van der Waals surface area contributed by atoms with Crippen molar-refractivity contribution in [1.29, 1.82) is 0 Å². The minimum absolute atomic E-state index is 0.508. The molecule has 0 fully saturated rings. The van der Waals surface area contributed by atoms with Crippen LogP contribution in [0.15, 0.2) is 66.9 Å². The summed E-state index contributed by atoms with van der Waals surface area (Å²) in [5.41, 5.74) is 1.67. The van der Waals surface area contributed by atoms with Crippen LogP contribution >= 0.6 is 11.6 Å². The molecule has 0 aliphatic carbocycles. The van der Waals surface area contributed by atoms with Crippen molar-refractivity contribution in [2.45, 2.75) is 0 Å². The highest BCUT2D eigenvalue weighted by molar-refractivity contribution is 6.48. The average Bonchev–Trinajstić information content (AvgIpc) is 2.57. The van der Waals surface area contributed by atoms with Gasteiger partial charge in [-0.25, -0.2) is 9.97 Å². The zero-order chi connectivity index (χ0) is 15.6. The number of H-pyrrole nitrogens is 1. The van der Waals surface area contributed by atoms with Crippen molar-refractivity contribution in [3.8, 4) is 0 Å². The second-order valence-electron chi connectivity index (χ2n) is 5.21. The SMILES string of the molecule is ClC1=CNc2nc3cccc(ccc4cccc(c4)nc1[nH]2)c3. The van der Waals surface area contributed by atoms with Gasteiger partial charge in [0.2, 0.25) is 5.95 Å². The highest BCUT2D eigenvalue weighted by Crippen LogP contribution is 2.19. The van der Waals surface area contributed by atoms with Gasteiger partial charge in [-0.15, -0.1) is 0 Å². The highest BCUT2D eigenvalue weighted by atomic mass is 35.5. The van der Waals surface area contributed by atoms with E-state index in [2.05, 4.69) is 32.4 Å². The predicted octanol–water partition coefficient (Wildman–Crippen LogP) is 4.76. The third kappa shape index (κ3) is 3.03. The van der Waals surface area contributed by atoms with Gasteiger partial charge in [0.1, 0.15) is 0 Å². The molecule has 2 aromatic carbocycles. The molecule has 3 aromatic rings. The second-order valence-corrected chi connectivity index (χ2v) is 5.61. The normalized spacial score (nSPS) is 12.3. The summed E-state index contributed by atoms with van der Waals surface area (Å²) in [6.07, 6.45) is 1.68. The fourth-order valence-electron chi connectivity index (χ4n) is 2.40. The van der Waals surface area contributed by atoms with Gasteiger partial charge in [0.25, 0.3) is 0 Å². The Bertz CT molecular complexity index is 1020. The Balaban J connectivity index is 2.14. The van der Waals surface area contributed by atoms with E-state index in [0.717, 1.165) is 21.8 Å². The van der Waals surface area contributed by atoms with Gasteiger partial charge < -0.3 is 10.3 Å². The zero-order valence-corrected chi connectivity index (χ0v) is 12.9. The monoisotopic (exact) mass is 320 g/mol. The first-order valence-electron chi connectivity index (χ1n) is 7.21. The molecule has 1 aliphatic rings. The van der Waals surface area contributed by atoms with Crippen LogP contribution in [0.5, 0.6) is 0 Å². The molecular weight excluding hydrogens is 308 g/mol. The minimum atomic E-state index is 0.508. The Morgan fingerprint density at radius 1 is 0.783 bits per heavy atom. The Kier molecular flexibility index (Phi) is 3.44. The summed E-state index contributed by atoms with van der Waals surface area (Å²) in [6, 6.07) is 20.1. The van der Waals surface area contributed by atoms with Crippen LogP contribution in [0.4, 0.5) is 5.95 Å². The lowest BCUT2D eigenvalue weighted by molar-refractivity contribution is 1.12. The number of hydrogen-bond donors (Lipinski definition) is 2. The number of aromatic nitrogens is 3. The number of benzene rings is 2. The number of rotatable bonds is 0. The van der Waals surface area contributed by atoms with Gasteiger partial charge in [0.05, 0.1) is 16.1 Å². The average molecular weight is 321 g/mol. The van der Waals surface area contributed by atoms with Gasteiger partial charge >= 0.3 is 0 Å². The maximum Gasteiger partial charge on any atom is 0.206 e. The molecule has 0 spiro atoms. The summed E-state index contributed by atoms with van der Waals surface area (Å²) in [5, 5.41) is 5.70. The minimum Gasteiger partial charge on any atom is -0.331 e. The molecule has 2 heterocycles. The summed E-state index contributed by atoms with van der Waals surface area (Å²) in [5.74, 6) is 1.16. The van der Waals surface area contributed by atoms with Crippen molar-refractivity contribution >= 4 is 44.4 Å². The molecule has 0 saturated heterocycles. The zero-order valence-electron chi connectivity index (χ0n) is 12.1. The molecule has 1 aliphatic heterocycles. The van der Waals surface area contributed by atoms with Crippen LogP contribution in [0, 0.1) is 0 Å². The fourth-order valence-corrected chi connectivity index (χ4v) is 2.54. The number of nitrogens with zero attached hydrogens (tertiary/aromatic N) is 2. The van der Waals surface area contributed by atoms with Crippen LogP contribution in [0.3, 0.4) is 0 Å². The van der Waals surface area contributed by atoms with E-state index in [1.807, 2.05) is 48.5 Å². The first-order valence-corrected chi connectivity index (χ1v) is 7.59. The molecule has 4 nitrogen and oxygen atoms in total. The summed E-state index contributed by atoms with van der Waals surface area (Å²) in [7, 11) is 0. The molecular formula is C18H13ClN4. The molecule has 0 radical (unpaired) electrons. The molecule has 5 heteroatoms. The largest absolute Gasteiger partial charge is 0.331 e. The van der Waals surface area contributed by atoms with Crippen molar-refractivity contribution in [3.63, 3.8) is 0 Å². The molecule has 23 heavy (non-hydrogen) atoms. The van der Waals surface area contributed by atoms with Crippen LogP contribution in [0.2, 0.25) is 0 Å². The van der Waals surface area contributed by atoms with Crippen LogP contribution in [0.1, 0.15) is 5.82 Å². The standard InChI is InChI=1S/C18H13ClN4/c19-16-11-20-18-22-15-6-2-4-13(10-15)8-7-12-3-1-5-14(9-12)21-17(16)23-18/h1-11H,(H2,20,21,22,23). The molecule has 6 bridgehead atoms. The number of fused-ring (bicyclic) bond motifs is 6. The van der Waals surface area contributed by atoms with Gasteiger partial charge in [-0.3, -0.25) is 0 Å².